The lowest BCUT2D eigenvalue weighted by molar-refractivity contribution is -0.126. The summed E-state index contributed by atoms with van der Waals surface area (Å²) in [5.74, 6) is 1.82. The Morgan fingerprint density at radius 1 is 0.875 bits per heavy atom. The van der Waals surface area contributed by atoms with Crippen LogP contribution in [-0.2, 0) is 9.59 Å². The van der Waals surface area contributed by atoms with Crippen LogP contribution in [0.3, 0.4) is 0 Å². The van der Waals surface area contributed by atoms with Gasteiger partial charge in [0, 0.05) is 12.8 Å². The van der Waals surface area contributed by atoms with Crippen LogP contribution in [0.25, 0.3) is 0 Å². The van der Waals surface area contributed by atoms with E-state index in [9.17, 15) is 9.59 Å². The standard InChI is InChI=1S/C16H18N4O4/c1-11-3-5-13(23-11)9-17-19-15(21)7-8-16(22)20-18-10-14-6-4-12(2)24-14/h3-6,9-10H,7-8H2,1-2H3,(H,19,21)(H,20,22)/b17-9+,18-10+. The molecule has 0 bridgehead atoms. The number of hydrogen-bond acceptors (Lipinski definition) is 6. The van der Waals surface area contributed by atoms with E-state index in [1.54, 1.807) is 24.3 Å². The summed E-state index contributed by atoms with van der Waals surface area (Å²) in [7, 11) is 0. The summed E-state index contributed by atoms with van der Waals surface area (Å²) in [5.41, 5.74) is 4.64. The highest BCUT2D eigenvalue weighted by Gasteiger charge is 2.05. The summed E-state index contributed by atoms with van der Waals surface area (Å²) in [6.07, 6.45) is 2.77. The molecule has 0 aliphatic carbocycles. The Kier molecular flexibility index (Phi) is 6.07. The second kappa shape index (κ2) is 8.47. The number of carbonyl (C=O) groups excluding carboxylic acids is 2. The van der Waals surface area contributed by atoms with Crippen LogP contribution < -0.4 is 10.9 Å². The molecule has 0 fully saturated rings. The van der Waals surface area contributed by atoms with E-state index in [0.29, 0.717) is 11.5 Å². The molecule has 0 saturated carbocycles. The largest absolute Gasteiger partial charge is 0.460 e. The van der Waals surface area contributed by atoms with Gasteiger partial charge in [0.2, 0.25) is 11.8 Å². The number of aryl methyl sites for hydroxylation is 2. The summed E-state index contributed by atoms with van der Waals surface area (Å²) in [6.45, 7) is 3.62. The number of amides is 2. The minimum Gasteiger partial charge on any atom is -0.460 e. The molecule has 0 aliphatic heterocycles. The summed E-state index contributed by atoms with van der Waals surface area (Å²) >= 11 is 0. The van der Waals surface area contributed by atoms with Gasteiger partial charge in [0.05, 0.1) is 12.4 Å². The van der Waals surface area contributed by atoms with Crippen LogP contribution in [0.4, 0.5) is 0 Å². The molecule has 0 spiro atoms. The van der Waals surface area contributed by atoms with Crippen LogP contribution in [0.5, 0.6) is 0 Å². The van der Waals surface area contributed by atoms with Crippen molar-refractivity contribution >= 4 is 24.2 Å². The molecule has 2 aromatic heterocycles. The van der Waals surface area contributed by atoms with Crippen molar-refractivity contribution in [3.05, 3.63) is 47.3 Å². The van der Waals surface area contributed by atoms with Gasteiger partial charge in [-0.25, -0.2) is 10.9 Å². The Balaban J connectivity index is 1.64. The predicted molar refractivity (Wildman–Crippen MR) is 87.6 cm³/mol. The third-order valence-corrected chi connectivity index (χ3v) is 2.86. The van der Waals surface area contributed by atoms with Gasteiger partial charge in [0.25, 0.3) is 0 Å². The molecule has 0 atom stereocenters. The van der Waals surface area contributed by atoms with Crippen molar-refractivity contribution in [2.45, 2.75) is 26.7 Å². The molecule has 24 heavy (non-hydrogen) atoms. The molecule has 2 aromatic rings. The molecule has 0 aromatic carbocycles. The van der Waals surface area contributed by atoms with Crippen LogP contribution in [0, 0.1) is 13.8 Å². The fourth-order valence-corrected chi connectivity index (χ4v) is 1.72. The van der Waals surface area contributed by atoms with Gasteiger partial charge in [-0.1, -0.05) is 0 Å². The first-order chi connectivity index (χ1) is 11.5. The Morgan fingerprint density at radius 3 is 1.62 bits per heavy atom. The Morgan fingerprint density at radius 2 is 1.29 bits per heavy atom. The molecule has 0 radical (unpaired) electrons. The average molecular weight is 330 g/mol. The second-order valence-corrected chi connectivity index (χ2v) is 4.98. The topological polar surface area (TPSA) is 109 Å². The quantitative estimate of drug-likeness (QED) is 0.596. The maximum atomic E-state index is 11.6. The molecule has 8 nitrogen and oxygen atoms in total. The van der Waals surface area contributed by atoms with Gasteiger partial charge in [-0.2, -0.15) is 10.2 Å². The van der Waals surface area contributed by atoms with Crippen LogP contribution in [0.15, 0.2) is 43.3 Å². The van der Waals surface area contributed by atoms with Gasteiger partial charge in [-0.05, 0) is 38.1 Å². The maximum absolute atomic E-state index is 11.6. The normalized spacial score (nSPS) is 11.2. The summed E-state index contributed by atoms with van der Waals surface area (Å²) in [5, 5.41) is 7.49. The highest BCUT2D eigenvalue weighted by atomic mass is 16.3. The predicted octanol–water partition coefficient (Wildman–Crippen LogP) is 1.87. The zero-order valence-electron chi connectivity index (χ0n) is 13.4. The number of furan rings is 2. The Hall–Kier alpha value is -3.16. The third kappa shape index (κ3) is 5.91. The van der Waals surface area contributed by atoms with Crippen molar-refractivity contribution in [3.8, 4) is 0 Å². The first-order valence-electron chi connectivity index (χ1n) is 7.29. The van der Waals surface area contributed by atoms with E-state index in [4.69, 9.17) is 8.83 Å². The van der Waals surface area contributed by atoms with Gasteiger partial charge < -0.3 is 8.83 Å². The fourth-order valence-electron chi connectivity index (χ4n) is 1.72. The molecule has 2 amide bonds. The van der Waals surface area contributed by atoms with Crippen molar-refractivity contribution in [3.63, 3.8) is 0 Å². The molecule has 2 rings (SSSR count). The van der Waals surface area contributed by atoms with E-state index in [2.05, 4.69) is 21.1 Å². The lowest BCUT2D eigenvalue weighted by Gasteiger charge is -1.99. The molecule has 8 heteroatoms. The van der Waals surface area contributed by atoms with Crippen LogP contribution >= 0.6 is 0 Å². The van der Waals surface area contributed by atoms with E-state index in [1.807, 2.05) is 13.8 Å². The van der Waals surface area contributed by atoms with Gasteiger partial charge in [-0.15, -0.1) is 0 Å². The molecule has 2 N–H and O–H groups in total. The number of nitrogens with zero attached hydrogens (tertiary/aromatic N) is 2. The molecular formula is C16H18N4O4. The summed E-state index contributed by atoms with van der Waals surface area (Å²) in [4.78, 5) is 23.1. The van der Waals surface area contributed by atoms with Gasteiger partial charge in [-0.3, -0.25) is 9.59 Å². The smallest absolute Gasteiger partial charge is 0.240 e. The number of rotatable bonds is 7. The van der Waals surface area contributed by atoms with Crippen LogP contribution in [0.1, 0.15) is 35.9 Å². The molecule has 0 aliphatic rings. The summed E-state index contributed by atoms with van der Waals surface area (Å²) in [6, 6.07) is 7.05. The maximum Gasteiger partial charge on any atom is 0.240 e. The zero-order valence-corrected chi connectivity index (χ0v) is 13.4. The van der Waals surface area contributed by atoms with Gasteiger partial charge in [0.1, 0.15) is 23.0 Å². The lowest BCUT2D eigenvalue weighted by atomic mass is 10.3. The van der Waals surface area contributed by atoms with Crippen molar-refractivity contribution in [1.29, 1.82) is 0 Å². The van der Waals surface area contributed by atoms with E-state index < -0.39 is 0 Å². The van der Waals surface area contributed by atoms with Crippen LogP contribution in [0.2, 0.25) is 0 Å². The van der Waals surface area contributed by atoms with E-state index in [1.165, 1.54) is 12.4 Å². The number of hydrazone groups is 2. The highest BCUT2D eigenvalue weighted by Crippen LogP contribution is 2.03. The van der Waals surface area contributed by atoms with Crippen molar-refractivity contribution < 1.29 is 18.4 Å². The number of hydrogen-bond donors (Lipinski definition) is 2. The molecule has 126 valence electrons. The highest BCUT2D eigenvalue weighted by molar-refractivity contribution is 5.85. The Labute approximate surface area is 138 Å². The third-order valence-electron chi connectivity index (χ3n) is 2.86. The first-order valence-corrected chi connectivity index (χ1v) is 7.29. The first kappa shape index (κ1) is 17.2. The molecule has 0 saturated heterocycles. The minimum absolute atomic E-state index is 0.00423. The van der Waals surface area contributed by atoms with E-state index in [-0.39, 0.29) is 24.7 Å². The van der Waals surface area contributed by atoms with Gasteiger partial charge in [0.15, 0.2) is 0 Å². The number of carbonyl (C=O) groups is 2. The molecule has 0 unspecified atom stereocenters. The van der Waals surface area contributed by atoms with E-state index in [0.717, 1.165) is 11.5 Å². The van der Waals surface area contributed by atoms with Crippen molar-refractivity contribution in [2.24, 2.45) is 10.2 Å². The van der Waals surface area contributed by atoms with Crippen LogP contribution in [-0.4, -0.2) is 24.2 Å². The average Bonchev–Trinajstić information content (AvgIpc) is 3.14. The fraction of sp³-hybridized carbons (Fsp3) is 0.250. The monoisotopic (exact) mass is 330 g/mol. The molecular weight excluding hydrogens is 312 g/mol. The second-order valence-electron chi connectivity index (χ2n) is 4.98. The lowest BCUT2D eigenvalue weighted by Crippen LogP contribution is -2.22. The van der Waals surface area contributed by atoms with Crippen molar-refractivity contribution in [2.75, 3.05) is 0 Å². The van der Waals surface area contributed by atoms with Crippen molar-refractivity contribution in [1.82, 2.24) is 10.9 Å². The molecule has 2 heterocycles. The Bertz CT molecular complexity index is 693. The zero-order chi connectivity index (χ0) is 17.4. The number of nitrogens with one attached hydrogen (secondary N) is 2. The SMILES string of the molecule is Cc1ccc(/C=N/NC(=O)CCC(=O)N/N=C/c2ccc(C)o2)o1. The van der Waals surface area contributed by atoms with Gasteiger partial charge >= 0.3 is 0 Å². The van der Waals surface area contributed by atoms with E-state index >= 15 is 0 Å². The summed E-state index contributed by atoms with van der Waals surface area (Å²) < 4.78 is 10.5. The minimum atomic E-state index is -0.379.